The molecule has 0 unspecified atom stereocenters. The zero-order chi connectivity index (χ0) is 18.7. The van der Waals surface area contributed by atoms with Crippen molar-refractivity contribution >= 4 is 11.8 Å². The van der Waals surface area contributed by atoms with E-state index in [1.165, 1.54) is 32.1 Å². The number of rotatable bonds is 3. The molecule has 1 saturated carbocycles. The lowest BCUT2D eigenvalue weighted by Gasteiger charge is -2.41. The first-order chi connectivity index (χ1) is 13.2. The summed E-state index contributed by atoms with van der Waals surface area (Å²) < 4.78 is 11.8. The van der Waals surface area contributed by atoms with Crippen LogP contribution in [0.25, 0.3) is 0 Å². The van der Waals surface area contributed by atoms with Gasteiger partial charge in [-0.3, -0.25) is 9.59 Å². The number of carbonyl (C=O) groups excluding carboxylic acids is 2. The van der Waals surface area contributed by atoms with E-state index in [2.05, 4.69) is 4.90 Å². The van der Waals surface area contributed by atoms with Crippen molar-refractivity contribution in [2.75, 3.05) is 39.4 Å². The smallest absolute Gasteiger partial charge is 0.251 e. The molecule has 0 bridgehead atoms. The van der Waals surface area contributed by atoms with Gasteiger partial charge in [-0.15, -0.1) is 0 Å². The second kappa shape index (κ2) is 8.48. The Balaban J connectivity index is 1.30. The van der Waals surface area contributed by atoms with Crippen molar-refractivity contribution in [1.29, 1.82) is 0 Å². The number of ether oxygens (including phenoxy) is 2. The predicted octanol–water partition coefficient (Wildman–Crippen LogP) is 2.36. The van der Waals surface area contributed by atoms with Crippen LogP contribution < -0.4 is 0 Å². The van der Waals surface area contributed by atoms with Crippen LogP contribution in [-0.4, -0.2) is 72.7 Å². The molecule has 4 rings (SSSR count). The SMILES string of the molecule is O=C1CC2(CCN(C(=O)[C@H]3CCCO3)CC2)OCCN1CC1CCCCC1. The van der Waals surface area contributed by atoms with E-state index in [1.807, 2.05) is 4.90 Å². The summed E-state index contributed by atoms with van der Waals surface area (Å²) >= 11 is 0. The molecule has 4 aliphatic rings. The van der Waals surface area contributed by atoms with Gasteiger partial charge in [0, 0.05) is 32.8 Å². The first-order valence-corrected chi connectivity index (χ1v) is 11.0. The second-order valence-electron chi connectivity index (χ2n) is 8.88. The Labute approximate surface area is 162 Å². The zero-order valence-electron chi connectivity index (χ0n) is 16.5. The molecule has 0 N–H and O–H groups in total. The Morgan fingerprint density at radius 2 is 1.78 bits per heavy atom. The Bertz CT molecular complexity index is 532. The third-order valence-corrected chi connectivity index (χ3v) is 6.99. The maximum Gasteiger partial charge on any atom is 0.251 e. The van der Waals surface area contributed by atoms with E-state index in [9.17, 15) is 9.59 Å². The molecule has 1 spiro atoms. The summed E-state index contributed by atoms with van der Waals surface area (Å²) in [4.78, 5) is 29.5. The molecule has 3 heterocycles. The van der Waals surface area contributed by atoms with Crippen molar-refractivity contribution in [3.8, 4) is 0 Å². The van der Waals surface area contributed by atoms with Crippen LogP contribution in [0.3, 0.4) is 0 Å². The molecule has 3 aliphatic heterocycles. The van der Waals surface area contributed by atoms with Gasteiger partial charge in [0.25, 0.3) is 5.91 Å². The molecule has 2 amide bonds. The molecule has 1 aliphatic carbocycles. The number of likely N-dealkylation sites (tertiary alicyclic amines) is 1. The van der Waals surface area contributed by atoms with Crippen molar-refractivity contribution in [2.45, 2.75) is 75.9 Å². The van der Waals surface area contributed by atoms with Gasteiger partial charge < -0.3 is 19.3 Å². The van der Waals surface area contributed by atoms with Crippen LogP contribution in [0.1, 0.15) is 64.2 Å². The first kappa shape index (κ1) is 19.2. The normalized spacial score (nSPS) is 29.9. The monoisotopic (exact) mass is 378 g/mol. The molecule has 1 atom stereocenters. The van der Waals surface area contributed by atoms with E-state index in [0.29, 0.717) is 38.6 Å². The van der Waals surface area contributed by atoms with Crippen molar-refractivity contribution in [2.24, 2.45) is 5.92 Å². The molecule has 0 aromatic rings. The number of amides is 2. The molecule has 0 radical (unpaired) electrons. The molecule has 6 heteroatoms. The standard InChI is InChI=1S/C21H34N2O4/c24-19-15-21(27-14-12-23(19)16-17-5-2-1-3-6-17)8-10-22(11-9-21)20(25)18-7-4-13-26-18/h17-18H,1-16H2/t18-/m1/s1. The highest BCUT2D eigenvalue weighted by Crippen LogP contribution is 2.34. The summed E-state index contributed by atoms with van der Waals surface area (Å²) in [6.07, 6.45) is 10.0. The van der Waals surface area contributed by atoms with Crippen LogP contribution in [0.4, 0.5) is 0 Å². The number of hydrogen-bond acceptors (Lipinski definition) is 4. The zero-order valence-corrected chi connectivity index (χ0v) is 16.5. The van der Waals surface area contributed by atoms with E-state index in [1.54, 1.807) is 0 Å². The molecule has 3 saturated heterocycles. The molecule has 6 nitrogen and oxygen atoms in total. The highest BCUT2D eigenvalue weighted by atomic mass is 16.5. The highest BCUT2D eigenvalue weighted by Gasteiger charge is 2.42. The fourth-order valence-electron chi connectivity index (χ4n) is 5.24. The maximum absolute atomic E-state index is 12.9. The number of nitrogens with zero attached hydrogens (tertiary/aromatic N) is 2. The van der Waals surface area contributed by atoms with E-state index < -0.39 is 0 Å². The van der Waals surface area contributed by atoms with Crippen LogP contribution in [0, 0.1) is 5.92 Å². The lowest BCUT2D eigenvalue weighted by atomic mass is 9.86. The molecular formula is C21H34N2O4. The predicted molar refractivity (Wildman–Crippen MR) is 101 cm³/mol. The minimum absolute atomic E-state index is 0.126. The molecule has 27 heavy (non-hydrogen) atoms. The topological polar surface area (TPSA) is 59.1 Å². The van der Waals surface area contributed by atoms with Crippen LogP contribution in [-0.2, 0) is 19.1 Å². The van der Waals surface area contributed by atoms with E-state index in [-0.39, 0.29) is 23.5 Å². The van der Waals surface area contributed by atoms with Crippen LogP contribution in [0.15, 0.2) is 0 Å². The first-order valence-electron chi connectivity index (χ1n) is 11.0. The molecule has 152 valence electrons. The van der Waals surface area contributed by atoms with Gasteiger partial charge in [-0.25, -0.2) is 0 Å². The van der Waals surface area contributed by atoms with Crippen molar-refractivity contribution in [1.82, 2.24) is 9.80 Å². The third-order valence-electron chi connectivity index (χ3n) is 6.99. The lowest BCUT2D eigenvalue weighted by Crippen LogP contribution is -2.51. The van der Waals surface area contributed by atoms with E-state index >= 15 is 0 Å². The third kappa shape index (κ3) is 4.48. The summed E-state index contributed by atoms with van der Waals surface area (Å²) in [5, 5.41) is 0. The lowest BCUT2D eigenvalue weighted by molar-refractivity contribution is -0.148. The molecule has 0 aromatic heterocycles. The minimum atomic E-state index is -0.369. The fourth-order valence-corrected chi connectivity index (χ4v) is 5.24. The number of piperidine rings is 1. The van der Waals surface area contributed by atoms with Crippen molar-refractivity contribution < 1.29 is 19.1 Å². The van der Waals surface area contributed by atoms with Gasteiger partial charge in [-0.2, -0.15) is 0 Å². The van der Waals surface area contributed by atoms with Crippen LogP contribution in [0.5, 0.6) is 0 Å². The summed E-state index contributed by atoms with van der Waals surface area (Å²) in [7, 11) is 0. The van der Waals surface area contributed by atoms with Gasteiger partial charge in [-0.05, 0) is 44.4 Å². The Morgan fingerprint density at radius 3 is 2.48 bits per heavy atom. The quantitative estimate of drug-likeness (QED) is 0.756. The average Bonchev–Trinajstić information content (AvgIpc) is 3.18. The van der Waals surface area contributed by atoms with Crippen LogP contribution in [0.2, 0.25) is 0 Å². The van der Waals surface area contributed by atoms with Crippen LogP contribution >= 0.6 is 0 Å². The van der Waals surface area contributed by atoms with Gasteiger partial charge >= 0.3 is 0 Å². The van der Waals surface area contributed by atoms with Crippen molar-refractivity contribution in [3.05, 3.63) is 0 Å². The van der Waals surface area contributed by atoms with Gasteiger partial charge in [0.05, 0.1) is 18.6 Å². The summed E-state index contributed by atoms with van der Waals surface area (Å²) in [6.45, 7) is 4.29. The molecule has 0 aromatic carbocycles. The van der Waals surface area contributed by atoms with Crippen molar-refractivity contribution in [3.63, 3.8) is 0 Å². The van der Waals surface area contributed by atoms with E-state index in [0.717, 1.165) is 38.8 Å². The van der Waals surface area contributed by atoms with E-state index in [4.69, 9.17) is 9.47 Å². The number of carbonyl (C=O) groups is 2. The largest absolute Gasteiger partial charge is 0.372 e. The minimum Gasteiger partial charge on any atom is -0.372 e. The second-order valence-corrected chi connectivity index (χ2v) is 8.88. The Hall–Kier alpha value is -1.14. The highest BCUT2D eigenvalue weighted by molar-refractivity contribution is 5.81. The van der Waals surface area contributed by atoms with Gasteiger partial charge in [-0.1, -0.05) is 19.3 Å². The molecular weight excluding hydrogens is 344 g/mol. The summed E-state index contributed by atoms with van der Waals surface area (Å²) in [5.41, 5.74) is -0.369. The molecule has 4 fully saturated rings. The Kier molecular flexibility index (Phi) is 6.02. The average molecular weight is 379 g/mol. The van der Waals surface area contributed by atoms with Gasteiger partial charge in [0.2, 0.25) is 5.91 Å². The summed E-state index contributed by atoms with van der Waals surface area (Å²) in [5.74, 6) is 1.04. The summed E-state index contributed by atoms with van der Waals surface area (Å²) in [6, 6.07) is 0. The van der Waals surface area contributed by atoms with Gasteiger partial charge in [0.15, 0.2) is 0 Å². The Morgan fingerprint density at radius 1 is 1.00 bits per heavy atom. The van der Waals surface area contributed by atoms with Gasteiger partial charge in [0.1, 0.15) is 6.10 Å². The maximum atomic E-state index is 12.9. The number of hydrogen-bond donors (Lipinski definition) is 0. The fraction of sp³-hybridized carbons (Fsp3) is 0.905.